The number of nitriles is 2. The number of pyridine rings is 2. The average molecular weight is 803 g/mol. The number of para-hydroxylation sites is 4. The van der Waals surface area contributed by atoms with Gasteiger partial charge in [-0.15, -0.1) is 0 Å². The van der Waals surface area contributed by atoms with Gasteiger partial charge in [-0.2, -0.15) is 36.9 Å². The highest BCUT2D eigenvalue weighted by Gasteiger charge is 2.31. The largest absolute Gasteiger partial charge is 0.416 e. The van der Waals surface area contributed by atoms with Crippen LogP contribution in [0.4, 0.5) is 32.2 Å². The van der Waals surface area contributed by atoms with Crippen LogP contribution >= 0.6 is 0 Å². The predicted octanol–water partition coefficient (Wildman–Crippen LogP) is 11.2. The standard InChI is InChI=1S/C26H26F3N5.C19H10F3N3/c1-3-33(4-2)15-7-14-31-24-16-20(18-10-12-19(13-11-18)26(27,28)29)21(17-30)25-32-22-8-5-6-9-23(22)34(24)25;20-19(21,22)13-7-5-12(6-8-13)14-9-10-25-17-4-2-1-3-16(17)24-18(25)15(14)11-23/h5-6,8-13,16,31H,3-4,7,14-15H2,1-2H3;1-10H. The molecule has 0 spiro atoms. The van der Waals surface area contributed by atoms with Gasteiger partial charge in [0.1, 0.15) is 29.1 Å². The molecule has 0 unspecified atom stereocenters. The molecular formula is C45H36F6N8. The molecule has 8 nitrogen and oxygen atoms in total. The maximum absolute atomic E-state index is 13.1. The summed E-state index contributed by atoms with van der Waals surface area (Å²) in [6.45, 7) is 7.90. The van der Waals surface area contributed by atoms with E-state index < -0.39 is 23.5 Å². The van der Waals surface area contributed by atoms with Crippen LogP contribution in [0.15, 0.2) is 115 Å². The number of aromatic nitrogens is 4. The molecule has 0 radical (unpaired) electrons. The Labute approximate surface area is 335 Å². The minimum absolute atomic E-state index is 0.324. The van der Waals surface area contributed by atoms with Crippen molar-refractivity contribution < 1.29 is 26.3 Å². The molecule has 8 rings (SSSR count). The number of hydrogen-bond acceptors (Lipinski definition) is 6. The fourth-order valence-corrected chi connectivity index (χ4v) is 7.11. The summed E-state index contributed by atoms with van der Waals surface area (Å²) < 4.78 is 81.1. The van der Waals surface area contributed by atoms with Gasteiger partial charge in [0.25, 0.3) is 0 Å². The summed E-state index contributed by atoms with van der Waals surface area (Å²) in [6, 6.07) is 32.7. The molecule has 0 fully saturated rings. The lowest BCUT2D eigenvalue weighted by Gasteiger charge is -2.19. The highest BCUT2D eigenvalue weighted by molar-refractivity contribution is 5.90. The lowest BCUT2D eigenvalue weighted by atomic mass is 10.00. The smallest absolute Gasteiger partial charge is 0.371 e. The second kappa shape index (κ2) is 16.5. The third-order valence-electron chi connectivity index (χ3n) is 10.2. The van der Waals surface area contributed by atoms with E-state index in [1.165, 1.54) is 24.3 Å². The molecule has 0 atom stereocenters. The van der Waals surface area contributed by atoms with Gasteiger partial charge in [-0.05, 0) is 97.8 Å². The molecule has 4 heterocycles. The molecule has 0 aliphatic rings. The van der Waals surface area contributed by atoms with Crippen LogP contribution in [-0.2, 0) is 12.4 Å². The van der Waals surface area contributed by atoms with Crippen molar-refractivity contribution in [2.24, 2.45) is 0 Å². The third kappa shape index (κ3) is 8.13. The van der Waals surface area contributed by atoms with Crippen LogP contribution in [0, 0.1) is 22.7 Å². The first-order chi connectivity index (χ1) is 28.4. The van der Waals surface area contributed by atoms with Crippen molar-refractivity contribution in [2.45, 2.75) is 32.6 Å². The summed E-state index contributed by atoms with van der Waals surface area (Å²) in [5.41, 5.74) is 5.58. The van der Waals surface area contributed by atoms with Gasteiger partial charge in [0.05, 0.1) is 33.2 Å². The molecule has 4 aromatic carbocycles. The van der Waals surface area contributed by atoms with E-state index in [4.69, 9.17) is 0 Å². The van der Waals surface area contributed by atoms with Crippen molar-refractivity contribution in [1.29, 1.82) is 10.5 Å². The first kappa shape index (κ1) is 40.3. The molecule has 0 aliphatic carbocycles. The zero-order chi connectivity index (χ0) is 41.9. The summed E-state index contributed by atoms with van der Waals surface area (Å²) in [5, 5.41) is 23.1. The summed E-state index contributed by atoms with van der Waals surface area (Å²) in [6.07, 6.45) is -6.11. The van der Waals surface area contributed by atoms with Crippen molar-refractivity contribution in [1.82, 2.24) is 23.7 Å². The zero-order valence-corrected chi connectivity index (χ0v) is 31.9. The maximum Gasteiger partial charge on any atom is 0.416 e. The monoisotopic (exact) mass is 802 g/mol. The Morgan fingerprint density at radius 3 is 1.71 bits per heavy atom. The lowest BCUT2D eigenvalue weighted by molar-refractivity contribution is -0.138. The van der Waals surface area contributed by atoms with Gasteiger partial charge in [-0.25, -0.2) is 9.97 Å². The van der Waals surface area contributed by atoms with Crippen LogP contribution in [0.5, 0.6) is 0 Å². The predicted molar refractivity (Wildman–Crippen MR) is 217 cm³/mol. The number of anilines is 1. The van der Waals surface area contributed by atoms with Gasteiger partial charge in [-0.1, -0.05) is 62.4 Å². The number of halogens is 6. The topological polar surface area (TPSA) is 97.5 Å². The van der Waals surface area contributed by atoms with Gasteiger partial charge in [0.15, 0.2) is 11.3 Å². The molecule has 8 aromatic rings. The van der Waals surface area contributed by atoms with Crippen molar-refractivity contribution in [3.63, 3.8) is 0 Å². The van der Waals surface area contributed by atoms with Gasteiger partial charge < -0.3 is 10.2 Å². The highest BCUT2D eigenvalue weighted by atomic mass is 19.4. The Morgan fingerprint density at radius 1 is 0.644 bits per heavy atom. The quantitative estimate of drug-likeness (QED) is 0.115. The minimum atomic E-state index is -4.42. The molecule has 0 saturated carbocycles. The van der Waals surface area contributed by atoms with E-state index in [2.05, 4.69) is 46.2 Å². The first-order valence-electron chi connectivity index (χ1n) is 18.8. The van der Waals surface area contributed by atoms with Crippen LogP contribution in [-0.4, -0.2) is 49.8 Å². The minimum Gasteiger partial charge on any atom is -0.371 e. The summed E-state index contributed by atoms with van der Waals surface area (Å²) in [5.74, 6) is 0.747. The fourth-order valence-electron chi connectivity index (χ4n) is 7.11. The number of nitrogens with zero attached hydrogens (tertiary/aromatic N) is 7. The normalized spacial score (nSPS) is 11.8. The molecule has 0 amide bonds. The van der Waals surface area contributed by atoms with Gasteiger partial charge in [0.2, 0.25) is 0 Å². The van der Waals surface area contributed by atoms with Crippen molar-refractivity contribution in [3.8, 4) is 34.4 Å². The van der Waals surface area contributed by atoms with E-state index in [0.717, 1.165) is 78.2 Å². The molecule has 298 valence electrons. The number of benzene rings is 4. The van der Waals surface area contributed by atoms with Gasteiger partial charge >= 0.3 is 12.4 Å². The summed E-state index contributed by atoms with van der Waals surface area (Å²) in [7, 11) is 0. The van der Waals surface area contributed by atoms with E-state index in [1.807, 2.05) is 63.4 Å². The number of hydrogen-bond donors (Lipinski definition) is 1. The number of fused-ring (bicyclic) bond motifs is 6. The van der Waals surface area contributed by atoms with E-state index in [1.54, 1.807) is 12.3 Å². The van der Waals surface area contributed by atoms with Crippen LogP contribution in [0.1, 0.15) is 42.5 Å². The second-order valence-corrected chi connectivity index (χ2v) is 13.7. The first-order valence-corrected chi connectivity index (χ1v) is 18.8. The van der Waals surface area contributed by atoms with Crippen LogP contribution in [0.3, 0.4) is 0 Å². The van der Waals surface area contributed by atoms with E-state index >= 15 is 0 Å². The third-order valence-corrected chi connectivity index (χ3v) is 10.2. The number of rotatable bonds is 9. The average Bonchev–Trinajstić information content (AvgIpc) is 3.82. The van der Waals surface area contributed by atoms with Crippen LogP contribution < -0.4 is 5.32 Å². The van der Waals surface area contributed by atoms with Gasteiger partial charge in [-0.3, -0.25) is 8.80 Å². The number of imidazole rings is 2. The number of alkyl halides is 6. The van der Waals surface area contributed by atoms with E-state index in [-0.39, 0.29) is 0 Å². The van der Waals surface area contributed by atoms with E-state index in [9.17, 15) is 36.9 Å². The van der Waals surface area contributed by atoms with Gasteiger partial charge in [0, 0.05) is 23.9 Å². The molecule has 0 aliphatic heterocycles. The molecular weight excluding hydrogens is 767 g/mol. The van der Waals surface area contributed by atoms with Crippen molar-refractivity contribution in [3.05, 3.63) is 138 Å². The summed E-state index contributed by atoms with van der Waals surface area (Å²) in [4.78, 5) is 11.5. The molecule has 4 aromatic heterocycles. The molecule has 1 N–H and O–H groups in total. The Morgan fingerprint density at radius 2 is 1.15 bits per heavy atom. The second-order valence-electron chi connectivity index (χ2n) is 13.7. The maximum atomic E-state index is 13.1. The molecule has 0 saturated heterocycles. The van der Waals surface area contributed by atoms with E-state index in [0.29, 0.717) is 51.2 Å². The lowest BCUT2D eigenvalue weighted by Crippen LogP contribution is -2.25. The molecule has 14 heteroatoms. The Hall–Kier alpha value is -6.90. The zero-order valence-electron chi connectivity index (χ0n) is 31.9. The Bertz CT molecular complexity index is 2860. The number of nitrogens with one attached hydrogen (secondary N) is 1. The van der Waals surface area contributed by atoms with Crippen molar-refractivity contribution >= 4 is 39.2 Å². The SMILES string of the molecule is CCN(CC)CCCNc1cc(-c2ccc(C(F)(F)F)cc2)c(C#N)c2nc3ccccc3n12.N#Cc1c(-c2ccc(C(F)(F)F)cc2)ccn2c1nc1ccccc12. The Balaban J connectivity index is 0.000000187. The highest BCUT2D eigenvalue weighted by Crippen LogP contribution is 2.36. The fraction of sp³-hybridized carbons (Fsp3) is 0.200. The molecule has 59 heavy (non-hydrogen) atoms. The van der Waals surface area contributed by atoms with Crippen LogP contribution in [0.2, 0.25) is 0 Å². The Kier molecular flexibility index (Phi) is 11.3. The summed E-state index contributed by atoms with van der Waals surface area (Å²) >= 11 is 0. The van der Waals surface area contributed by atoms with Crippen molar-refractivity contribution in [2.75, 3.05) is 31.5 Å². The van der Waals surface area contributed by atoms with Crippen LogP contribution in [0.25, 0.3) is 55.6 Å². The molecule has 0 bridgehead atoms.